The van der Waals surface area contributed by atoms with Crippen LogP contribution in [0.1, 0.15) is 34.0 Å². The summed E-state index contributed by atoms with van der Waals surface area (Å²) in [6.07, 6.45) is 1.52. The number of aryl methyl sites for hydroxylation is 1. The summed E-state index contributed by atoms with van der Waals surface area (Å²) in [5.41, 5.74) is 5.71. The molecule has 0 unspecified atom stereocenters. The first-order chi connectivity index (χ1) is 15.0. The summed E-state index contributed by atoms with van der Waals surface area (Å²) in [7, 11) is 0. The summed E-state index contributed by atoms with van der Waals surface area (Å²) in [6.45, 7) is 4.60. The number of hydrogen-bond acceptors (Lipinski definition) is 4. The zero-order valence-electron chi connectivity index (χ0n) is 17.2. The quantitative estimate of drug-likeness (QED) is 0.214. The summed E-state index contributed by atoms with van der Waals surface area (Å²) >= 11 is 8.73. The van der Waals surface area contributed by atoms with Crippen LogP contribution in [0.3, 0.4) is 0 Å². The zero-order chi connectivity index (χ0) is 22.2. The van der Waals surface area contributed by atoms with Crippen LogP contribution in [-0.2, 0) is 6.61 Å². The van der Waals surface area contributed by atoms with Gasteiger partial charge in [-0.05, 0) is 83.5 Å². The van der Waals surface area contributed by atoms with Crippen LogP contribution in [0.2, 0.25) is 5.02 Å². The number of nitrogens with one attached hydrogen (secondary N) is 1. The normalized spacial score (nSPS) is 10.8. The van der Waals surface area contributed by atoms with Gasteiger partial charge in [-0.15, -0.1) is 0 Å². The standard InChI is InChI=1S/C24H22ClIN2O3/c1-3-30-22-13-18(14-27-28-24(29)20-7-5-4-6-16(20)2)12-21(25)23(22)31-15-17-8-10-19(26)11-9-17/h4-14H,3,15H2,1-2H3,(H,28,29)/b27-14-. The Morgan fingerprint density at radius 1 is 1.13 bits per heavy atom. The molecule has 0 radical (unpaired) electrons. The highest BCUT2D eigenvalue weighted by atomic mass is 127. The molecule has 1 N–H and O–H groups in total. The summed E-state index contributed by atoms with van der Waals surface area (Å²) in [6, 6.07) is 18.9. The van der Waals surface area contributed by atoms with E-state index in [-0.39, 0.29) is 5.91 Å². The predicted molar refractivity (Wildman–Crippen MR) is 132 cm³/mol. The molecule has 0 aliphatic rings. The number of hydrogen-bond donors (Lipinski definition) is 1. The summed E-state index contributed by atoms with van der Waals surface area (Å²) in [5, 5.41) is 4.46. The molecule has 0 atom stereocenters. The third-order valence-corrected chi connectivity index (χ3v) is 5.40. The van der Waals surface area contributed by atoms with E-state index in [0.717, 1.165) is 14.7 Å². The Hall–Kier alpha value is -2.58. The second kappa shape index (κ2) is 11.2. The van der Waals surface area contributed by atoms with Gasteiger partial charge in [0.1, 0.15) is 6.61 Å². The molecule has 0 fully saturated rings. The van der Waals surface area contributed by atoms with Crippen molar-refractivity contribution in [3.05, 3.63) is 91.5 Å². The topological polar surface area (TPSA) is 59.9 Å². The molecule has 0 bridgehead atoms. The second-order valence-electron chi connectivity index (χ2n) is 6.69. The van der Waals surface area contributed by atoms with E-state index >= 15 is 0 Å². The summed E-state index contributed by atoms with van der Waals surface area (Å²) in [5.74, 6) is 0.721. The van der Waals surface area contributed by atoms with Gasteiger partial charge in [-0.25, -0.2) is 5.43 Å². The highest BCUT2D eigenvalue weighted by molar-refractivity contribution is 14.1. The van der Waals surface area contributed by atoms with E-state index in [0.29, 0.717) is 40.9 Å². The van der Waals surface area contributed by atoms with Crippen molar-refractivity contribution in [1.29, 1.82) is 0 Å². The van der Waals surface area contributed by atoms with Crippen LogP contribution in [0.4, 0.5) is 0 Å². The van der Waals surface area contributed by atoms with E-state index in [1.807, 2.05) is 56.3 Å². The molecule has 0 aliphatic heterocycles. The molecule has 160 valence electrons. The average molecular weight is 549 g/mol. The molecule has 1 amide bonds. The van der Waals surface area contributed by atoms with E-state index in [1.165, 1.54) is 6.21 Å². The Morgan fingerprint density at radius 2 is 1.87 bits per heavy atom. The van der Waals surface area contributed by atoms with Crippen molar-refractivity contribution in [2.45, 2.75) is 20.5 Å². The lowest BCUT2D eigenvalue weighted by Gasteiger charge is -2.14. The molecule has 5 nitrogen and oxygen atoms in total. The number of hydrazone groups is 1. The number of halogens is 2. The van der Waals surface area contributed by atoms with Crippen molar-refractivity contribution < 1.29 is 14.3 Å². The van der Waals surface area contributed by atoms with Gasteiger partial charge in [-0.2, -0.15) is 5.10 Å². The Morgan fingerprint density at radius 3 is 2.58 bits per heavy atom. The fourth-order valence-corrected chi connectivity index (χ4v) is 3.49. The molecule has 0 aromatic heterocycles. The fraction of sp³-hybridized carbons (Fsp3) is 0.167. The van der Waals surface area contributed by atoms with Crippen molar-refractivity contribution >= 4 is 46.3 Å². The van der Waals surface area contributed by atoms with Crippen molar-refractivity contribution in [3.63, 3.8) is 0 Å². The van der Waals surface area contributed by atoms with Gasteiger partial charge in [-0.3, -0.25) is 4.79 Å². The molecular weight excluding hydrogens is 527 g/mol. The van der Waals surface area contributed by atoms with Gasteiger partial charge in [-0.1, -0.05) is 41.9 Å². The van der Waals surface area contributed by atoms with Crippen LogP contribution >= 0.6 is 34.2 Å². The zero-order valence-corrected chi connectivity index (χ0v) is 20.1. The minimum absolute atomic E-state index is 0.275. The third kappa shape index (κ3) is 6.45. The van der Waals surface area contributed by atoms with Crippen LogP contribution in [0.5, 0.6) is 11.5 Å². The van der Waals surface area contributed by atoms with Gasteiger partial charge in [0.2, 0.25) is 0 Å². The molecule has 0 spiro atoms. The molecule has 3 rings (SSSR count). The Balaban J connectivity index is 1.73. The first kappa shape index (κ1) is 23.1. The monoisotopic (exact) mass is 548 g/mol. The average Bonchev–Trinajstić information content (AvgIpc) is 2.75. The number of amides is 1. The molecule has 7 heteroatoms. The lowest BCUT2D eigenvalue weighted by Crippen LogP contribution is -2.18. The van der Waals surface area contributed by atoms with Gasteiger partial charge >= 0.3 is 0 Å². The molecule has 0 heterocycles. The number of carbonyl (C=O) groups is 1. The van der Waals surface area contributed by atoms with Crippen LogP contribution in [0.15, 0.2) is 65.8 Å². The van der Waals surface area contributed by atoms with E-state index < -0.39 is 0 Å². The van der Waals surface area contributed by atoms with E-state index in [9.17, 15) is 4.79 Å². The van der Waals surface area contributed by atoms with Crippen LogP contribution in [-0.4, -0.2) is 18.7 Å². The first-order valence-electron chi connectivity index (χ1n) is 9.70. The Kier molecular flexibility index (Phi) is 8.31. The molecule has 3 aromatic carbocycles. The second-order valence-corrected chi connectivity index (χ2v) is 8.35. The Bertz CT molecular complexity index is 1080. The van der Waals surface area contributed by atoms with Crippen molar-refractivity contribution in [2.75, 3.05) is 6.61 Å². The summed E-state index contributed by atoms with van der Waals surface area (Å²) < 4.78 is 12.8. The lowest BCUT2D eigenvalue weighted by atomic mass is 10.1. The molecule has 0 saturated heterocycles. The van der Waals surface area contributed by atoms with Crippen molar-refractivity contribution in [2.24, 2.45) is 5.10 Å². The number of nitrogens with zero attached hydrogens (tertiary/aromatic N) is 1. The molecule has 0 aliphatic carbocycles. The number of carbonyl (C=O) groups excluding carboxylic acids is 1. The maximum absolute atomic E-state index is 12.3. The molecule has 3 aromatic rings. The van der Waals surface area contributed by atoms with Gasteiger partial charge in [0, 0.05) is 9.13 Å². The molecular formula is C24H22ClIN2O3. The molecule has 0 saturated carbocycles. The van der Waals surface area contributed by atoms with Gasteiger partial charge < -0.3 is 9.47 Å². The van der Waals surface area contributed by atoms with Gasteiger partial charge in [0.15, 0.2) is 11.5 Å². The summed E-state index contributed by atoms with van der Waals surface area (Å²) in [4.78, 5) is 12.3. The first-order valence-corrected chi connectivity index (χ1v) is 11.2. The van der Waals surface area contributed by atoms with Crippen LogP contribution < -0.4 is 14.9 Å². The number of benzene rings is 3. The van der Waals surface area contributed by atoms with E-state index in [2.05, 4.69) is 33.1 Å². The van der Waals surface area contributed by atoms with E-state index in [1.54, 1.807) is 18.2 Å². The van der Waals surface area contributed by atoms with Gasteiger partial charge in [0.05, 0.1) is 17.8 Å². The van der Waals surface area contributed by atoms with Crippen LogP contribution in [0.25, 0.3) is 0 Å². The van der Waals surface area contributed by atoms with Gasteiger partial charge in [0.25, 0.3) is 5.91 Å². The third-order valence-electron chi connectivity index (χ3n) is 4.40. The fourth-order valence-electron chi connectivity index (χ4n) is 2.85. The van der Waals surface area contributed by atoms with Crippen LogP contribution in [0, 0.1) is 10.5 Å². The minimum atomic E-state index is -0.275. The number of ether oxygens (including phenoxy) is 2. The predicted octanol–water partition coefficient (Wildman–Crippen LogP) is 5.99. The van der Waals surface area contributed by atoms with E-state index in [4.69, 9.17) is 21.1 Å². The minimum Gasteiger partial charge on any atom is -0.490 e. The SMILES string of the molecule is CCOc1cc(/C=N\NC(=O)c2ccccc2C)cc(Cl)c1OCc1ccc(I)cc1. The Labute approximate surface area is 200 Å². The highest BCUT2D eigenvalue weighted by Crippen LogP contribution is 2.37. The smallest absolute Gasteiger partial charge is 0.271 e. The van der Waals surface area contributed by atoms with Crippen molar-refractivity contribution in [3.8, 4) is 11.5 Å². The lowest BCUT2D eigenvalue weighted by molar-refractivity contribution is 0.0954. The van der Waals surface area contributed by atoms with Crippen molar-refractivity contribution in [1.82, 2.24) is 5.43 Å². The molecule has 31 heavy (non-hydrogen) atoms. The maximum Gasteiger partial charge on any atom is 0.271 e. The number of rotatable bonds is 8. The largest absolute Gasteiger partial charge is 0.490 e. The maximum atomic E-state index is 12.3. The highest BCUT2D eigenvalue weighted by Gasteiger charge is 2.13.